The third kappa shape index (κ3) is 5.23. The van der Waals surface area contributed by atoms with E-state index in [9.17, 15) is 9.59 Å². The molecule has 0 N–H and O–H groups in total. The van der Waals surface area contributed by atoms with Crippen molar-refractivity contribution in [3.05, 3.63) is 93.7 Å². The van der Waals surface area contributed by atoms with Gasteiger partial charge in [-0.1, -0.05) is 23.7 Å². The van der Waals surface area contributed by atoms with Crippen LogP contribution in [0.3, 0.4) is 0 Å². The first-order valence-corrected chi connectivity index (χ1v) is 11.0. The van der Waals surface area contributed by atoms with Gasteiger partial charge in [0.1, 0.15) is 11.6 Å². The van der Waals surface area contributed by atoms with E-state index >= 15 is 0 Å². The topological polar surface area (TPSA) is 70.4 Å². The first-order chi connectivity index (χ1) is 16.1. The fourth-order valence-corrected chi connectivity index (χ4v) is 3.69. The fraction of sp³-hybridized carbons (Fsp3) is 0.192. The van der Waals surface area contributed by atoms with Crippen LogP contribution in [0.25, 0.3) is 22.3 Å². The van der Waals surface area contributed by atoms with Crippen molar-refractivity contribution in [2.75, 3.05) is 13.7 Å². The zero-order valence-electron chi connectivity index (χ0n) is 18.2. The standard InChI is InChI=1S/C26H23ClN2O4/c1-32-26(31)19-10-14-21(15-11-19)33-17-5-4-16-29-24(18-8-12-20(27)13-9-18)28-23-7-3-2-6-22(23)25(29)30/h2-3,6-15H,4-5,16-17H2,1H3. The van der Waals surface area contributed by atoms with Crippen molar-refractivity contribution in [1.29, 1.82) is 0 Å². The van der Waals surface area contributed by atoms with Crippen LogP contribution in [0, 0.1) is 0 Å². The Morgan fingerprint density at radius 3 is 2.42 bits per heavy atom. The van der Waals surface area contributed by atoms with Gasteiger partial charge in [0.2, 0.25) is 0 Å². The molecular formula is C26H23ClN2O4. The summed E-state index contributed by atoms with van der Waals surface area (Å²) in [5, 5.41) is 1.22. The third-order valence-electron chi connectivity index (χ3n) is 5.28. The number of hydrogen-bond acceptors (Lipinski definition) is 5. The van der Waals surface area contributed by atoms with Gasteiger partial charge in [0.05, 0.1) is 30.2 Å². The molecular weight excluding hydrogens is 440 g/mol. The predicted octanol–water partition coefficient (Wildman–Crippen LogP) is 5.36. The Labute approximate surface area is 196 Å². The molecule has 1 heterocycles. The summed E-state index contributed by atoms with van der Waals surface area (Å²) < 4.78 is 12.2. The third-order valence-corrected chi connectivity index (χ3v) is 5.54. The average molecular weight is 463 g/mol. The van der Waals surface area contributed by atoms with Crippen LogP contribution in [0.2, 0.25) is 5.02 Å². The minimum absolute atomic E-state index is 0.0649. The van der Waals surface area contributed by atoms with Gasteiger partial charge in [-0.15, -0.1) is 0 Å². The number of carbonyl (C=O) groups is 1. The first-order valence-electron chi connectivity index (χ1n) is 10.6. The van der Waals surface area contributed by atoms with E-state index in [0.29, 0.717) is 46.2 Å². The summed E-state index contributed by atoms with van der Waals surface area (Å²) in [4.78, 5) is 29.5. The Hall–Kier alpha value is -3.64. The van der Waals surface area contributed by atoms with Crippen LogP contribution < -0.4 is 10.3 Å². The number of benzene rings is 3. The van der Waals surface area contributed by atoms with Crippen LogP contribution in [0.15, 0.2) is 77.6 Å². The maximum atomic E-state index is 13.2. The van der Waals surface area contributed by atoms with Gasteiger partial charge in [-0.05, 0) is 73.5 Å². The number of esters is 1. The number of unbranched alkanes of at least 4 members (excludes halogenated alkanes) is 1. The van der Waals surface area contributed by atoms with E-state index in [1.165, 1.54) is 7.11 Å². The number of rotatable bonds is 8. The molecule has 0 amide bonds. The number of aromatic nitrogens is 2. The van der Waals surface area contributed by atoms with Crippen LogP contribution in [0.4, 0.5) is 0 Å². The number of ether oxygens (including phenoxy) is 2. The van der Waals surface area contributed by atoms with Gasteiger partial charge >= 0.3 is 5.97 Å². The second-order valence-corrected chi connectivity index (χ2v) is 7.92. The number of halogens is 1. The molecule has 0 saturated carbocycles. The molecule has 4 rings (SSSR count). The lowest BCUT2D eigenvalue weighted by atomic mass is 10.1. The van der Waals surface area contributed by atoms with E-state index in [1.807, 2.05) is 30.3 Å². The van der Waals surface area contributed by atoms with Crippen molar-refractivity contribution in [3.8, 4) is 17.1 Å². The molecule has 0 aliphatic heterocycles. The smallest absolute Gasteiger partial charge is 0.337 e. The predicted molar refractivity (Wildman–Crippen MR) is 129 cm³/mol. The van der Waals surface area contributed by atoms with E-state index in [0.717, 1.165) is 18.4 Å². The van der Waals surface area contributed by atoms with E-state index in [1.54, 1.807) is 47.0 Å². The second-order valence-electron chi connectivity index (χ2n) is 7.49. The van der Waals surface area contributed by atoms with Gasteiger partial charge in [0.25, 0.3) is 5.56 Å². The monoisotopic (exact) mass is 462 g/mol. The number of para-hydroxylation sites is 1. The summed E-state index contributed by atoms with van der Waals surface area (Å²) in [5.41, 5.74) is 1.92. The molecule has 0 aliphatic carbocycles. The molecule has 6 nitrogen and oxygen atoms in total. The van der Waals surface area contributed by atoms with Crippen molar-refractivity contribution < 1.29 is 14.3 Å². The molecule has 0 unspecified atom stereocenters. The quantitative estimate of drug-likeness (QED) is 0.260. The minimum Gasteiger partial charge on any atom is -0.494 e. The van der Waals surface area contributed by atoms with E-state index < -0.39 is 0 Å². The molecule has 0 spiro atoms. The molecule has 168 valence electrons. The zero-order chi connectivity index (χ0) is 23.2. The summed E-state index contributed by atoms with van der Waals surface area (Å²) >= 11 is 6.04. The number of nitrogens with zero attached hydrogens (tertiary/aromatic N) is 2. The molecule has 0 radical (unpaired) electrons. The minimum atomic E-state index is -0.382. The molecule has 1 aromatic heterocycles. The Morgan fingerprint density at radius 2 is 1.70 bits per heavy atom. The molecule has 0 atom stereocenters. The SMILES string of the molecule is COC(=O)c1ccc(OCCCCn2c(-c3ccc(Cl)cc3)nc3ccccc3c2=O)cc1. The Kier molecular flexibility index (Phi) is 7.05. The molecule has 3 aromatic carbocycles. The summed E-state index contributed by atoms with van der Waals surface area (Å²) in [7, 11) is 1.35. The van der Waals surface area contributed by atoms with Gasteiger partial charge in [0, 0.05) is 17.1 Å². The maximum absolute atomic E-state index is 13.2. The molecule has 33 heavy (non-hydrogen) atoms. The van der Waals surface area contributed by atoms with Crippen molar-refractivity contribution >= 4 is 28.5 Å². The second kappa shape index (κ2) is 10.3. The molecule has 7 heteroatoms. The highest BCUT2D eigenvalue weighted by Gasteiger charge is 2.13. The van der Waals surface area contributed by atoms with Crippen LogP contribution in [-0.2, 0) is 11.3 Å². The number of fused-ring (bicyclic) bond motifs is 1. The molecule has 0 aliphatic rings. The number of carbonyl (C=O) groups excluding carboxylic acids is 1. The highest BCUT2D eigenvalue weighted by atomic mass is 35.5. The molecule has 0 saturated heterocycles. The van der Waals surface area contributed by atoms with Crippen molar-refractivity contribution in [1.82, 2.24) is 9.55 Å². The highest BCUT2D eigenvalue weighted by Crippen LogP contribution is 2.22. The lowest BCUT2D eigenvalue weighted by Crippen LogP contribution is -2.24. The zero-order valence-corrected chi connectivity index (χ0v) is 18.9. The average Bonchev–Trinajstić information content (AvgIpc) is 2.85. The van der Waals surface area contributed by atoms with E-state index in [2.05, 4.69) is 0 Å². The van der Waals surface area contributed by atoms with Crippen LogP contribution in [0.1, 0.15) is 23.2 Å². The van der Waals surface area contributed by atoms with Gasteiger partial charge < -0.3 is 9.47 Å². The maximum Gasteiger partial charge on any atom is 0.337 e. The first kappa shape index (κ1) is 22.6. The lowest BCUT2D eigenvalue weighted by Gasteiger charge is -2.14. The van der Waals surface area contributed by atoms with Crippen LogP contribution in [0.5, 0.6) is 5.75 Å². The molecule has 0 fully saturated rings. The fourth-order valence-electron chi connectivity index (χ4n) is 3.56. The molecule has 4 aromatic rings. The van der Waals surface area contributed by atoms with Crippen molar-refractivity contribution in [3.63, 3.8) is 0 Å². The summed E-state index contributed by atoms with van der Waals surface area (Å²) in [5.74, 6) is 0.913. The van der Waals surface area contributed by atoms with Gasteiger partial charge in [0.15, 0.2) is 0 Å². The van der Waals surface area contributed by atoms with Crippen molar-refractivity contribution in [2.45, 2.75) is 19.4 Å². The van der Waals surface area contributed by atoms with Crippen LogP contribution in [-0.4, -0.2) is 29.2 Å². The van der Waals surface area contributed by atoms with Crippen molar-refractivity contribution in [2.24, 2.45) is 0 Å². The Bertz CT molecular complexity index is 1320. The summed E-state index contributed by atoms with van der Waals surface area (Å²) in [6.45, 7) is 1.00. The summed E-state index contributed by atoms with van der Waals surface area (Å²) in [6.07, 6.45) is 1.48. The molecule has 0 bridgehead atoms. The highest BCUT2D eigenvalue weighted by molar-refractivity contribution is 6.30. The van der Waals surface area contributed by atoms with Gasteiger partial charge in [-0.25, -0.2) is 9.78 Å². The Balaban J connectivity index is 1.46. The van der Waals surface area contributed by atoms with E-state index in [4.69, 9.17) is 26.1 Å². The van der Waals surface area contributed by atoms with Crippen LogP contribution >= 0.6 is 11.6 Å². The van der Waals surface area contributed by atoms with E-state index in [-0.39, 0.29) is 11.5 Å². The number of hydrogen-bond donors (Lipinski definition) is 0. The normalized spacial score (nSPS) is 10.8. The largest absolute Gasteiger partial charge is 0.494 e. The van der Waals surface area contributed by atoms with Gasteiger partial charge in [-0.3, -0.25) is 9.36 Å². The summed E-state index contributed by atoms with van der Waals surface area (Å²) in [6, 6.07) is 21.5. The number of methoxy groups -OCH3 is 1. The lowest BCUT2D eigenvalue weighted by molar-refractivity contribution is 0.0600. The van der Waals surface area contributed by atoms with Gasteiger partial charge in [-0.2, -0.15) is 0 Å². The Morgan fingerprint density at radius 1 is 0.970 bits per heavy atom.